The molecule has 1 fully saturated rings. The topological polar surface area (TPSA) is 70.1 Å². The Morgan fingerprint density at radius 3 is 3.00 bits per heavy atom. The van der Waals surface area contributed by atoms with Crippen molar-refractivity contribution in [3.05, 3.63) is 11.4 Å². The smallest absolute Gasteiger partial charge is 0.226 e. The number of aliphatic hydroxyl groups excluding tert-OH is 1. The third-order valence-electron chi connectivity index (χ3n) is 4.13. The molecule has 2 aromatic rings. The van der Waals surface area contributed by atoms with Crippen LogP contribution in [0.4, 0.5) is 11.8 Å². The normalized spacial score (nSPS) is 22.4. The first-order valence-corrected chi connectivity index (χ1v) is 8.56. The summed E-state index contributed by atoms with van der Waals surface area (Å²) >= 11 is 1.63. The summed E-state index contributed by atoms with van der Waals surface area (Å²) in [6.45, 7) is 3.09. The number of hydrogen-bond donors (Lipinski definition) is 3. The summed E-state index contributed by atoms with van der Waals surface area (Å²) < 4.78 is 0. The highest BCUT2D eigenvalue weighted by Crippen LogP contribution is 2.31. The van der Waals surface area contributed by atoms with E-state index in [1.807, 2.05) is 12.3 Å². The standard InChI is InChI=1S/C15H22N4OS/c1-2-16-15-18-13(11-7-8-21-14(11)19-15)17-12-6-4-3-5-10(12)9-20/h7-8,10,12,20H,2-6,9H2,1H3,(H2,16,17,18,19). The van der Waals surface area contributed by atoms with Crippen LogP contribution < -0.4 is 10.6 Å². The maximum atomic E-state index is 9.57. The maximum absolute atomic E-state index is 9.57. The van der Waals surface area contributed by atoms with Crippen LogP contribution in [-0.4, -0.2) is 34.3 Å². The van der Waals surface area contributed by atoms with Gasteiger partial charge in [0, 0.05) is 25.1 Å². The van der Waals surface area contributed by atoms with Gasteiger partial charge in [-0.1, -0.05) is 12.8 Å². The Bertz CT molecular complexity index is 600. The van der Waals surface area contributed by atoms with E-state index in [0.717, 1.165) is 35.4 Å². The molecule has 21 heavy (non-hydrogen) atoms. The van der Waals surface area contributed by atoms with Crippen molar-refractivity contribution in [3.63, 3.8) is 0 Å². The van der Waals surface area contributed by atoms with Crippen LogP contribution in [0, 0.1) is 5.92 Å². The number of fused-ring (bicyclic) bond motifs is 1. The number of thiophene rings is 1. The van der Waals surface area contributed by atoms with Crippen molar-refractivity contribution in [1.82, 2.24) is 9.97 Å². The van der Waals surface area contributed by atoms with E-state index >= 15 is 0 Å². The predicted octanol–water partition coefficient (Wildman–Crippen LogP) is 3.09. The highest BCUT2D eigenvalue weighted by molar-refractivity contribution is 7.16. The number of nitrogens with zero attached hydrogens (tertiary/aromatic N) is 2. The lowest BCUT2D eigenvalue weighted by Gasteiger charge is -2.31. The molecule has 2 atom stereocenters. The summed E-state index contributed by atoms with van der Waals surface area (Å²) in [5.41, 5.74) is 0. The van der Waals surface area contributed by atoms with Crippen LogP contribution in [0.2, 0.25) is 0 Å². The van der Waals surface area contributed by atoms with E-state index in [2.05, 4.69) is 26.7 Å². The van der Waals surface area contributed by atoms with Gasteiger partial charge in [0.15, 0.2) is 0 Å². The zero-order valence-corrected chi connectivity index (χ0v) is 13.1. The van der Waals surface area contributed by atoms with E-state index in [1.54, 1.807) is 11.3 Å². The summed E-state index contributed by atoms with van der Waals surface area (Å²) in [6.07, 6.45) is 4.61. The molecule has 0 aromatic carbocycles. The lowest BCUT2D eigenvalue weighted by molar-refractivity contribution is 0.178. The van der Waals surface area contributed by atoms with Gasteiger partial charge >= 0.3 is 0 Å². The van der Waals surface area contributed by atoms with Gasteiger partial charge in [-0.05, 0) is 31.2 Å². The third kappa shape index (κ3) is 3.11. The largest absolute Gasteiger partial charge is 0.396 e. The molecule has 0 spiro atoms. The Morgan fingerprint density at radius 2 is 2.19 bits per heavy atom. The maximum Gasteiger partial charge on any atom is 0.226 e. The van der Waals surface area contributed by atoms with Gasteiger partial charge in [0.05, 0.1) is 5.39 Å². The fourth-order valence-corrected chi connectivity index (χ4v) is 3.76. The Kier molecular flexibility index (Phi) is 4.55. The summed E-state index contributed by atoms with van der Waals surface area (Å²) in [5.74, 6) is 1.89. The molecule has 0 aliphatic heterocycles. The molecule has 2 heterocycles. The molecule has 3 rings (SSSR count). The van der Waals surface area contributed by atoms with E-state index in [1.165, 1.54) is 12.8 Å². The van der Waals surface area contributed by atoms with Crippen LogP contribution >= 0.6 is 11.3 Å². The molecule has 0 amide bonds. The quantitative estimate of drug-likeness (QED) is 0.792. The van der Waals surface area contributed by atoms with E-state index < -0.39 is 0 Å². The van der Waals surface area contributed by atoms with E-state index in [-0.39, 0.29) is 6.61 Å². The van der Waals surface area contributed by atoms with E-state index in [0.29, 0.717) is 17.9 Å². The van der Waals surface area contributed by atoms with Gasteiger partial charge in [-0.25, -0.2) is 4.98 Å². The molecule has 114 valence electrons. The minimum absolute atomic E-state index is 0.246. The van der Waals surface area contributed by atoms with Crippen molar-refractivity contribution < 1.29 is 5.11 Å². The average Bonchev–Trinajstić information content (AvgIpc) is 2.97. The second kappa shape index (κ2) is 6.58. The van der Waals surface area contributed by atoms with Crippen molar-refractivity contribution in [3.8, 4) is 0 Å². The van der Waals surface area contributed by atoms with Crippen molar-refractivity contribution >= 4 is 33.3 Å². The van der Waals surface area contributed by atoms with Gasteiger partial charge < -0.3 is 15.7 Å². The van der Waals surface area contributed by atoms with Crippen molar-refractivity contribution in [1.29, 1.82) is 0 Å². The summed E-state index contributed by atoms with van der Waals surface area (Å²) in [7, 11) is 0. The fourth-order valence-electron chi connectivity index (χ4n) is 2.99. The van der Waals surface area contributed by atoms with Crippen LogP contribution in [0.15, 0.2) is 11.4 Å². The molecule has 2 unspecified atom stereocenters. The van der Waals surface area contributed by atoms with Crippen molar-refractivity contribution in [2.24, 2.45) is 5.92 Å². The third-order valence-corrected chi connectivity index (χ3v) is 4.93. The van der Waals surface area contributed by atoms with Crippen LogP contribution in [0.3, 0.4) is 0 Å². The van der Waals surface area contributed by atoms with E-state index in [4.69, 9.17) is 0 Å². The van der Waals surface area contributed by atoms with Crippen LogP contribution in [-0.2, 0) is 0 Å². The number of anilines is 2. The molecule has 3 N–H and O–H groups in total. The first-order valence-electron chi connectivity index (χ1n) is 7.68. The summed E-state index contributed by atoms with van der Waals surface area (Å²) in [5, 5.41) is 19.4. The zero-order valence-electron chi connectivity index (χ0n) is 12.3. The monoisotopic (exact) mass is 306 g/mol. The number of rotatable bonds is 5. The van der Waals surface area contributed by atoms with Gasteiger partial charge in [0.25, 0.3) is 0 Å². The second-order valence-corrected chi connectivity index (χ2v) is 6.44. The van der Waals surface area contributed by atoms with Crippen LogP contribution in [0.1, 0.15) is 32.6 Å². The lowest BCUT2D eigenvalue weighted by atomic mass is 9.85. The van der Waals surface area contributed by atoms with Gasteiger partial charge in [-0.15, -0.1) is 11.3 Å². The molecule has 0 saturated heterocycles. The van der Waals surface area contributed by atoms with Gasteiger partial charge in [0.2, 0.25) is 5.95 Å². The summed E-state index contributed by atoms with van der Waals surface area (Å²) in [6, 6.07) is 2.37. The van der Waals surface area contributed by atoms with Gasteiger partial charge in [-0.2, -0.15) is 4.98 Å². The molecule has 0 bridgehead atoms. The fraction of sp³-hybridized carbons (Fsp3) is 0.600. The Morgan fingerprint density at radius 1 is 1.33 bits per heavy atom. The van der Waals surface area contributed by atoms with Crippen molar-refractivity contribution in [2.45, 2.75) is 38.6 Å². The molecule has 2 aromatic heterocycles. The minimum Gasteiger partial charge on any atom is -0.396 e. The highest BCUT2D eigenvalue weighted by atomic mass is 32.1. The first kappa shape index (κ1) is 14.5. The number of nitrogens with one attached hydrogen (secondary N) is 2. The second-order valence-electron chi connectivity index (χ2n) is 5.54. The minimum atomic E-state index is 0.246. The molecule has 0 radical (unpaired) electrons. The van der Waals surface area contributed by atoms with E-state index in [9.17, 15) is 5.11 Å². The molecular weight excluding hydrogens is 284 g/mol. The van der Waals surface area contributed by atoms with Gasteiger partial charge in [0.1, 0.15) is 10.6 Å². The molecule has 5 nitrogen and oxygen atoms in total. The number of aliphatic hydroxyl groups is 1. The van der Waals surface area contributed by atoms with Crippen molar-refractivity contribution in [2.75, 3.05) is 23.8 Å². The van der Waals surface area contributed by atoms with Crippen LogP contribution in [0.5, 0.6) is 0 Å². The predicted molar refractivity (Wildman–Crippen MR) is 88.0 cm³/mol. The SMILES string of the molecule is CCNc1nc(NC2CCCCC2CO)c2ccsc2n1. The average molecular weight is 306 g/mol. The molecule has 6 heteroatoms. The Balaban J connectivity index is 1.89. The van der Waals surface area contributed by atoms with Crippen LogP contribution in [0.25, 0.3) is 10.2 Å². The Labute approximate surface area is 128 Å². The molecule has 1 saturated carbocycles. The lowest BCUT2D eigenvalue weighted by Crippen LogP contribution is -2.34. The number of hydrogen-bond acceptors (Lipinski definition) is 6. The first-order chi connectivity index (χ1) is 10.3. The summed E-state index contributed by atoms with van der Waals surface area (Å²) in [4.78, 5) is 10.1. The molecule has 1 aliphatic carbocycles. The Hall–Kier alpha value is -1.40. The molecule has 1 aliphatic rings. The number of aromatic nitrogens is 2. The highest BCUT2D eigenvalue weighted by Gasteiger charge is 2.25. The van der Waals surface area contributed by atoms with Gasteiger partial charge in [-0.3, -0.25) is 0 Å². The molecular formula is C15H22N4OS. The zero-order chi connectivity index (χ0) is 14.7.